The number of carbonyl (C=O) groups excluding carboxylic acids is 2. The minimum Gasteiger partial charge on any atom is -0.507 e. The highest BCUT2D eigenvalue weighted by Gasteiger charge is 2.52. The number of phenols is 1. The average molecular weight is 741 g/mol. The van der Waals surface area contributed by atoms with E-state index in [1.807, 2.05) is 19.1 Å². The summed E-state index contributed by atoms with van der Waals surface area (Å²) in [5.74, 6) is -0.673. The third-order valence-electron chi connectivity index (χ3n) is 11.5. The SMILES string of the molecule is CCCCCCCCCCCCCC(Cc1cc(C)c(O)c(C(C)(C)C)c1)(C(=O)OC1CC(C)(C)NC(C)(C)C1)C(=O)OC1CC(C)(C)NC(C)(C)C1. The molecular weight excluding hydrogens is 661 g/mol. The molecule has 53 heavy (non-hydrogen) atoms. The van der Waals surface area contributed by atoms with Crippen LogP contribution in [-0.2, 0) is 30.9 Å². The van der Waals surface area contributed by atoms with Crippen LogP contribution in [0.5, 0.6) is 5.75 Å². The van der Waals surface area contributed by atoms with Crippen molar-refractivity contribution in [1.29, 1.82) is 0 Å². The third-order valence-corrected chi connectivity index (χ3v) is 11.5. The van der Waals surface area contributed by atoms with E-state index in [4.69, 9.17) is 9.47 Å². The molecule has 7 heteroatoms. The van der Waals surface area contributed by atoms with Crippen LogP contribution in [0.2, 0.25) is 0 Å². The van der Waals surface area contributed by atoms with Gasteiger partial charge in [-0.1, -0.05) is 110 Å². The number of piperidine rings is 2. The van der Waals surface area contributed by atoms with E-state index in [0.717, 1.165) is 36.0 Å². The lowest BCUT2D eigenvalue weighted by Gasteiger charge is -2.47. The van der Waals surface area contributed by atoms with Crippen molar-refractivity contribution in [2.75, 3.05) is 0 Å². The van der Waals surface area contributed by atoms with E-state index < -0.39 is 17.4 Å². The molecule has 2 saturated heterocycles. The van der Waals surface area contributed by atoms with Gasteiger partial charge in [0.1, 0.15) is 18.0 Å². The van der Waals surface area contributed by atoms with E-state index in [1.54, 1.807) is 0 Å². The molecule has 2 fully saturated rings. The van der Waals surface area contributed by atoms with Gasteiger partial charge >= 0.3 is 11.9 Å². The number of carbonyl (C=O) groups is 2. The summed E-state index contributed by atoms with van der Waals surface area (Å²) in [6.45, 7) is 27.6. The van der Waals surface area contributed by atoms with Crippen molar-refractivity contribution < 1.29 is 24.2 Å². The number of rotatable bonds is 18. The molecule has 0 atom stereocenters. The van der Waals surface area contributed by atoms with Gasteiger partial charge in [0.05, 0.1) is 0 Å². The molecule has 0 amide bonds. The fourth-order valence-corrected chi connectivity index (χ4v) is 9.64. The summed E-state index contributed by atoms with van der Waals surface area (Å²) in [6, 6.07) is 3.93. The van der Waals surface area contributed by atoms with Gasteiger partial charge < -0.3 is 25.2 Å². The monoisotopic (exact) mass is 741 g/mol. The molecule has 2 aliphatic rings. The van der Waals surface area contributed by atoms with Crippen LogP contribution >= 0.6 is 0 Å². The van der Waals surface area contributed by atoms with Crippen molar-refractivity contribution in [1.82, 2.24) is 10.6 Å². The van der Waals surface area contributed by atoms with Crippen molar-refractivity contribution in [2.24, 2.45) is 5.41 Å². The molecule has 2 aliphatic heterocycles. The quantitative estimate of drug-likeness (QED) is 0.0783. The highest BCUT2D eigenvalue weighted by atomic mass is 16.6. The number of unbranched alkanes of at least 4 members (excludes halogenated alkanes) is 10. The summed E-state index contributed by atoms with van der Waals surface area (Å²) in [6.07, 6.45) is 15.5. The second-order valence-electron chi connectivity index (χ2n) is 20.8. The van der Waals surface area contributed by atoms with Gasteiger partial charge in [0.15, 0.2) is 5.41 Å². The molecule has 2 heterocycles. The smallest absolute Gasteiger partial charge is 0.324 e. The highest BCUT2D eigenvalue weighted by molar-refractivity contribution is 6.00. The zero-order chi connectivity index (χ0) is 39.9. The third kappa shape index (κ3) is 13.8. The van der Waals surface area contributed by atoms with Gasteiger partial charge in [-0.2, -0.15) is 0 Å². The Morgan fingerprint density at radius 3 is 1.43 bits per heavy atom. The number of aryl methyl sites for hydroxylation is 1. The number of ether oxygens (including phenoxy) is 2. The Kier molecular flexibility index (Phi) is 15.6. The number of aromatic hydroxyl groups is 1. The zero-order valence-electron chi connectivity index (χ0n) is 36.4. The molecular formula is C46H80N2O5. The van der Waals surface area contributed by atoms with Crippen molar-refractivity contribution in [3.05, 3.63) is 28.8 Å². The summed E-state index contributed by atoms with van der Waals surface area (Å²) < 4.78 is 13.1. The maximum Gasteiger partial charge on any atom is 0.324 e. The molecule has 0 spiro atoms. The molecule has 1 aromatic carbocycles. The largest absolute Gasteiger partial charge is 0.507 e. The predicted molar refractivity (Wildman–Crippen MR) is 220 cm³/mol. The Labute approximate surface area is 324 Å². The van der Waals surface area contributed by atoms with Gasteiger partial charge in [0.2, 0.25) is 0 Å². The van der Waals surface area contributed by atoms with Gasteiger partial charge in [-0.3, -0.25) is 9.59 Å². The molecule has 0 radical (unpaired) electrons. The van der Waals surface area contributed by atoms with Crippen LogP contribution in [0.4, 0.5) is 0 Å². The first-order valence-corrected chi connectivity index (χ1v) is 21.2. The summed E-state index contributed by atoms with van der Waals surface area (Å²) in [5, 5.41) is 18.5. The van der Waals surface area contributed by atoms with E-state index in [9.17, 15) is 5.11 Å². The number of phenolic OH excluding ortho intramolecular Hbond substituents is 1. The molecule has 3 rings (SSSR count). The van der Waals surface area contributed by atoms with Crippen LogP contribution in [0.3, 0.4) is 0 Å². The van der Waals surface area contributed by atoms with Gasteiger partial charge in [0, 0.05) is 47.8 Å². The highest BCUT2D eigenvalue weighted by Crippen LogP contribution is 2.41. The van der Waals surface area contributed by atoms with Crippen molar-refractivity contribution >= 4 is 11.9 Å². The number of esters is 2. The van der Waals surface area contributed by atoms with E-state index in [1.165, 1.54) is 51.4 Å². The molecule has 0 saturated carbocycles. The summed E-state index contributed by atoms with van der Waals surface area (Å²) >= 11 is 0. The van der Waals surface area contributed by atoms with Gasteiger partial charge in [-0.15, -0.1) is 0 Å². The zero-order valence-corrected chi connectivity index (χ0v) is 36.4. The lowest BCUT2D eigenvalue weighted by molar-refractivity contribution is -0.183. The number of benzene rings is 1. The van der Waals surface area contributed by atoms with E-state index >= 15 is 9.59 Å². The van der Waals surface area contributed by atoms with E-state index in [2.05, 4.69) is 93.7 Å². The fraction of sp³-hybridized carbons (Fsp3) is 0.826. The Morgan fingerprint density at radius 1 is 0.679 bits per heavy atom. The average Bonchev–Trinajstić information content (AvgIpc) is 2.97. The van der Waals surface area contributed by atoms with Crippen LogP contribution in [0, 0.1) is 12.3 Å². The number of hydrogen-bond donors (Lipinski definition) is 3. The maximum atomic E-state index is 15.0. The molecule has 0 aliphatic carbocycles. The Balaban J connectivity index is 1.99. The Morgan fingerprint density at radius 2 is 1.06 bits per heavy atom. The fourth-order valence-electron chi connectivity index (χ4n) is 9.64. The number of nitrogens with one attached hydrogen (secondary N) is 2. The van der Waals surface area contributed by atoms with Gasteiger partial charge in [-0.25, -0.2) is 0 Å². The first-order chi connectivity index (χ1) is 24.4. The maximum absolute atomic E-state index is 15.0. The van der Waals surface area contributed by atoms with Crippen LogP contribution in [-0.4, -0.2) is 51.4 Å². The minimum absolute atomic E-state index is 0.169. The molecule has 7 nitrogen and oxygen atoms in total. The molecule has 1 aromatic rings. The second-order valence-corrected chi connectivity index (χ2v) is 20.8. The second kappa shape index (κ2) is 18.2. The summed E-state index contributed by atoms with van der Waals surface area (Å²) in [5.41, 5.74) is -0.371. The molecule has 304 valence electrons. The molecule has 0 unspecified atom stereocenters. The van der Waals surface area contributed by atoms with Crippen LogP contribution in [0.1, 0.15) is 203 Å². The van der Waals surface area contributed by atoms with Crippen molar-refractivity contribution in [2.45, 2.75) is 239 Å². The molecule has 0 bridgehead atoms. The van der Waals surface area contributed by atoms with Crippen molar-refractivity contribution in [3.8, 4) is 5.75 Å². The molecule has 3 N–H and O–H groups in total. The first kappa shape index (κ1) is 45.3. The van der Waals surface area contributed by atoms with Gasteiger partial charge in [0.25, 0.3) is 0 Å². The lowest BCUT2D eigenvalue weighted by Crippen LogP contribution is -2.61. The van der Waals surface area contributed by atoms with Crippen LogP contribution in [0.25, 0.3) is 0 Å². The molecule has 0 aromatic heterocycles. The normalized spacial score (nSPS) is 20.2. The van der Waals surface area contributed by atoms with Gasteiger partial charge in [-0.05, 0) is 97.3 Å². The van der Waals surface area contributed by atoms with Crippen LogP contribution in [0.15, 0.2) is 12.1 Å². The standard InChI is InChI=1S/C46H80N2O5/c1-14-15-16-17-18-19-20-21-22-23-24-25-46(28-34-26-33(2)38(49)37(27-34)41(3,4)5,39(50)52-35-29-42(6,7)47-43(8,9)30-35)40(51)53-36-31-44(10,11)48-45(12,13)32-36/h26-27,35-36,47-49H,14-25,28-32H2,1-13H3. The topological polar surface area (TPSA) is 96.9 Å². The minimum atomic E-state index is -1.52. The first-order valence-electron chi connectivity index (χ1n) is 21.2. The lowest BCUT2D eigenvalue weighted by atomic mass is 9.74. The van der Waals surface area contributed by atoms with E-state index in [-0.39, 0.29) is 51.9 Å². The predicted octanol–water partition coefficient (Wildman–Crippen LogP) is 10.9. The Bertz CT molecular complexity index is 1270. The summed E-state index contributed by atoms with van der Waals surface area (Å²) in [4.78, 5) is 30.1. The van der Waals surface area contributed by atoms with Crippen LogP contribution < -0.4 is 10.6 Å². The number of hydrogen-bond acceptors (Lipinski definition) is 7. The Hall–Kier alpha value is -2.12. The van der Waals surface area contributed by atoms with E-state index in [0.29, 0.717) is 32.1 Å². The summed E-state index contributed by atoms with van der Waals surface area (Å²) in [7, 11) is 0. The van der Waals surface area contributed by atoms with Crippen molar-refractivity contribution in [3.63, 3.8) is 0 Å².